The van der Waals surface area contributed by atoms with Crippen molar-refractivity contribution in [1.82, 2.24) is 15.5 Å². The largest absolute Gasteiger partial charge is 0.406 e. The standard InChI is InChI=1S/C15H22N4O/c1-5-16-10-13-18-19-14(20-13)17-12-9-7-6-8-11(12)15(2,3)4/h6-9,16H,5,10H2,1-4H3,(H,17,19). The molecule has 1 heterocycles. The second-order valence-electron chi connectivity index (χ2n) is 5.70. The first kappa shape index (κ1) is 14.5. The van der Waals surface area contributed by atoms with Crippen molar-refractivity contribution in [3.8, 4) is 0 Å². The second kappa shape index (κ2) is 6.05. The highest BCUT2D eigenvalue weighted by Gasteiger charge is 2.18. The van der Waals surface area contributed by atoms with Gasteiger partial charge >= 0.3 is 6.01 Å². The van der Waals surface area contributed by atoms with Gasteiger partial charge in [0.1, 0.15) is 0 Å². The number of benzene rings is 1. The minimum atomic E-state index is 0.0518. The quantitative estimate of drug-likeness (QED) is 0.876. The van der Waals surface area contributed by atoms with E-state index >= 15 is 0 Å². The van der Waals surface area contributed by atoms with Gasteiger partial charge in [0.25, 0.3) is 0 Å². The summed E-state index contributed by atoms with van der Waals surface area (Å²) in [6.45, 7) is 10.0. The van der Waals surface area contributed by atoms with Crippen molar-refractivity contribution in [2.24, 2.45) is 0 Å². The van der Waals surface area contributed by atoms with Gasteiger partial charge in [-0.15, -0.1) is 5.10 Å². The molecule has 2 N–H and O–H groups in total. The van der Waals surface area contributed by atoms with E-state index in [-0.39, 0.29) is 5.41 Å². The summed E-state index contributed by atoms with van der Waals surface area (Å²) in [4.78, 5) is 0. The minimum absolute atomic E-state index is 0.0518. The zero-order valence-electron chi connectivity index (χ0n) is 12.5. The number of rotatable bonds is 5. The van der Waals surface area contributed by atoms with Gasteiger partial charge < -0.3 is 15.1 Å². The monoisotopic (exact) mass is 274 g/mol. The van der Waals surface area contributed by atoms with Crippen LogP contribution in [0.15, 0.2) is 28.7 Å². The third-order valence-electron chi connectivity index (χ3n) is 2.97. The first-order valence-electron chi connectivity index (χ1n) is 6.90. The lowest BCUT2D eigenvalue weighted by Gasteiger charge is -2.22. The van der Waals surface area contributed by atoms with E-state index in [9.17, 15) is 0 Å². The predicted octanol–water partition coefficient (Wildman–Crippen LogP) is 3.22. The molecule has 0 aliphatic heterocycles. The molecule has 0 bridgehead atoms. The van der Waals surface area contributed by atoms with Crippen LogP contribution in [-0.2, 0) is 12.0 Å². The smallest absolute Gasteiger partial charge is 0.320 e. The Morgan fingerprint density at radius 1 is 1.15 bits per heavy atom. The summed E-state index contributed by atoms with van der Waals surface area (Å²) in [6, 6.07) is 8.59. The normalized spacial score (nSPS) is 11.6. The molecule has 5 nitrogen and oxygen atoms in total. The van der Waals surface area contributed by atoms with E-state index in [1.54, 1.807) is 0 Å². The Bertz CT molecular complexity index is 557. The van der Waals surface area contributed by atoms with Crippen LogP contribution >= 0.6 is 0 Å². The van der Waals surface area contributed by atoms with Crippen molar-refractivity contribution < 1.29 is 4.42 Å². The Hall–Kier alpha value is -1.88. The maximum absolute atomic E-state index is 5.56. The number of aromatic nitrogens is 2. The van der Waals surface area contributed by atoms with Crippen molar-refractivity contribution >= 4 is 11.7 Å². The van der Waals surface area contributed by atoms with Crippen LogP contribution < -0.4 is 10.6 Å². The van der Waals surface area contributed by atoms with Gasteiger partial charge in [-0.2, -0.15) is 0 Å². The Balaban J connectivity index is 2.16. The minimum Gasteiger partial charge on any atom is -0.406 e. The van der Waals surface area contributed by atoms with Crippen LogP contribution in [0, 0.1) is 0 Å². The zero-order valence-corrected chi connectivity index (χ0v) is 12.5. The van der Waals surface area contributed by atoms with Crippen LogP contribution in [0.1, 0.15) is 39.1 Å². The molecule has 20 heavy (non-hydrogen) atoms. The summed E-state index contributed by atoms with van der Waals surface area (Å²) in [7, 11) is 0. The molecule has 0 amide bonds. The highest BCUT2D eigenvalue weighted by molar-refractivity contribution is 5.59. The molecule has 2 rings (SSSR count). The van der Waals surface area contributed by atoms with Crippen LogP contribution in [-0.4, -0.2) is 16.7 Å². The Morgan fingerprint density at radius 2 is 1.90 bits per heavy atom. The van der Waals surface area contributed by atoms with Gasteiger partial charge in [0.15, 0.2) is 0 Å². The fraction of sp³-hybridized carbons (Fsp3) is 0.467. The van der Waals surface area contributed by atoms with Crippen molar-refractivity contribution in [2.75, 3.05) is 11.9 Å². The molecule has 0 aliphatic rings. The van der Waals surface area contributed by atoms with Crippen molar-refractivity contribution in [1.29, 1.82) is 0 Å². The van der Waals surface area contributed by atoms with E-state index in [4.69, 9.17) is 4.42 Å². The van der Waals surface area contributed by atoms with E-state index in [1.165, 1.54) is 5.56 Å². The molecule has 0 aliphatic carbocycles. The lowest BCUT2D eigenvalue weighted by Crippen LogP contribution is -2.13. The van der Waals surface area contributed by atoms with Gasteiger partial charge in [-0.1, -0.05) is 51.0 Å². The summed E-state index contributed by atoms with van der Waals surface area (Å²) in [5.74, 6) is 0.586. The van der Waals surface area contributed by atoms with Crippen LogP contribution in [0.4, 0.5) is 11.7 Å². The highest BCUT2D eigenvalue weighted by atomic mass is 16.4. The van der Waals surface area contributed by atoms with E-state index in [2.05, 4.69) is 47.7 Å². The van der Waals surface area contributed by atoms with Gasteiger partial charge in [0.05, 0.1) is 6.54 Å². The molecule has 0 saturated heterocycles. The van der Waals surface area contributed by atoms with Crippen LogP contribution in [0.5, 0.6) is 0 Å². The van der Waals surface area contributed by atoms with Crippen LogP contribution in [0.2, 0.25) is 0 Å². The Morgan fingerprint density at radius 3 is 2.60 bits per heavy atom. The molecule has 1 aromatic heterocycles. The summed E-state index contributed by atoms with van der Waals surface area (Å²) in [5, 5.41) is 14.4. The molecule has 0 fully saturated rings. The molecule has 1 aromatic carbocycles. The fourth-order valence-electron chi connectivity index (χ4n) is 1.97. The number of anilines is 2. The topological polar surface area (TPSA) is 63.0 Å². The number of hydrogen-bond acceptors (Lipinski definition) is 5. The lowest BCUT2D eigenvalue weighted by molar-refractivity contribution is 0.484. The van der Waals surface area contributed by atoms with E-state index < -0.39 is 0 Å². The van der Waals surface area contributed by atoms with Crippen molar-refractivity contribution in [3.05, 3.63) is 35.7 Å². The first-order chi connectivity index (χ1) is 9.50. The number of nitrogens with zero attached hydrogens (tertiary/aromatic N) is 2. The van der Waals surface area contributed by atoms with Gasteiger partial charge in [-0.05, 0) is 23.6 Å². The van der Waals surface area contributed by atoms with Gasteiger partial charge in [0, 0.05) is 5.69 Å². The van der Waals surface area contributed by atoms with Crippen LogP contribution in [0.3, 0.4) is 0 Å². The summed E-state index contributed by atoms with van der Waals surface area (Å²) in [6.07, 6.45) is 0. The molecule has 0 radical (unpaired) electrons. The molecular weight excluding hydrogens is 252 g/mol. The molecule has 0 spiro atoms. The SMILES string of the molecule is CCNCc1nnc(Nc2ccccc2C(C)(C)C)o1. The molecule has 0 saturated carbocycles. The predicted molar refractivity (Wildman–Crippen MR) is 80.1 cm³/mol. The average molecular weight is 274 g/mol. The van der Waals surface area contributed by atoms with Gasteiger partial charge in [0.2, 0.25) is 5.89 Å². The summed E-state index contributed by atoms with van der Waals surface area (Å²) >= 11 is 0. The second-order valence-corrected chi connectivity index (χ2v) is 5.70. The highest BCUT2D eigenvalue weighted by Crippen LogP contribution is 2.30. The van der Waals surface area contributed by atoms with E-state index in [0.29, 0.717) is 18.5 Å². The maximum atomic E-state index is 5.56. The number of hydrogen-bond donors (Lipinski definition) is 2. The third-order valence-corrected chi connectivity index (χ3v) is 2.97. The van der Waals surface area contributed by atoms with E-state index in [0.717, 1.165) is 12.2 Å². The van der Waals surface area contributed by atoms with E-state index in [1.807, 2.05) is 25.1 Å². The summed E-state index contributed by atoms with van der Waals surface area (Å²) in [5.41, 5.74) is 2.26. The fourth-order valence-corrected chi connectivity index (χ4v) is 1.97. The van der Waals surface area contributed by atoms with Gasteiger partial charge in [-0.3, -0.25) is 0 Å². The van der Waals surface area contributed by atoms with Crippen molar-refractivity contribution in [2.45, 2.75) is 39.7 Å². The van der Waals surface area contributed by atoms with Crippen molar-refractivity contribution in [3.63, 3.8) is 0 Å². The number of nitrogens with one attached hydrogen (secondary N) is 2. The Kier molecular flexibility index (Phi) is 4.39. The molecule has 0 atom stereocenters. The van der Waals surface area contributed by atoms with Crippen LogP contribution in [0.25, 0.3) is 0 Å². The molecule has 5 heteroatoms. The molecular formula is C15H22N4O. The van der Waals surface area contributed by atoms with Gasteiger partial charge in [-0.25, -0.2) is 0 Å². The lowest BCUT2D eigenvalue weighted by atomic mass is 9.86. The number of para-hydroxylation sites is 1. The molecule has 108 valence electrons. The Labute approximate surface area is 119 Å². The molecule has 0 unspecified atom stereocenters. The average Bonchev–Trinajstić information content (AvgIpc) is 2.83. The summed E-state index contributed by atoms with van der Waals surface area (Å²) < 4.78 is 5.56. The first-order valence-corrected chi connectivity index (χ1v) is 6.90. The molecule has 2 aromatic rings. The zero-order chi connectivity index (χ0) is 14.6. The third kappa shape index (κ3) is 3.57. The maximum Gasteiger partial charge on any atom is 0.320 e.